The van der Waals surface area contributed by atoms with E-state index in [0.717, 1.165) is 36.7 Å². The number of aromatic nitrogens is 2. The molecule has 3 nitrogen and oxygen atoms in total. The number of aromatic amines is 1. The number of fused-ring (bicyclic) bond motifs is 1. The van der Waals surface area contributed by atoms with Gasteiger partial charge in [-0.25, -0.2) is 0 Å². The number of halogens is 1. The maximum absolute atomic E-state index is 11.6. The zero-order chi connectivity index (χ0) is 11.4. The Kier molecular flexibility index (Phi) is 3.67. The van der Waals surface area contributed by atoms with Crippen molar-refractivity contribution in [3.05, 3.63) is 34.6 Å². The maximum atomic E-state index is 11.6. The van der Waals surface area contributed by atoms with Crippen LogP contribution in [0.15, 0.2) is 29.1 Å². The molecule has 0 bridgehead atoms. The first-order valence-corrected chi connectivity index (χ1v) is 6.10. The van der Waals surface area contributed by atoms with E-state index in [0.29, 0.717) is 5.88 Å². The fourth-order valence-corrected chi connectivity index (χ4v) is 2.05. The number of hydrogen-bond acceptors (Lipinski definition) is 1. The van der Waals surface area contributed by atoms with Crippen LogP contribution in [0.5, 0.6) is 0 Å². The lowest BCUT2D eigenvalue weighted by Crippen LogP contribution is -2.05. The monoisotopic (exact) mass is 238 g/mol. The van der Waals surface area contributed by atoms with Gasteiger partial charge in [0, 0.05) is 12.4 Å². The van der Waals surface area contributed by atoms with Gasteiger partial charge in [0.05, 0.1) is 10.9 Å². The zero-order valence-corrected chi connectivity index (χ0v) is 9.83. The van der Waals surface area contributed by atoms with Gasteiger partial charge in [-0.15, -0.1) is 11.6 Å². The van der Waals surface area contributed by atoms with E-state index >= 15 is 0 Å². The van der Waals surface area contributed by atoms with E-state index in [1.54, 1.807) is 0 Å². The van der Waals surface area contributed by atoms with Crippen molar-refractivity contribution in [1.29, 1.82) is 0 Å². The van der Waals surface area contributed by atoms with Crippen LogP contribution in [0.3, 0.4) is 0 Å². The SMILES string of the molecule is O=c1[nH]n(CCCCCCl)c2ccccc12. The van der Waals surface area contributed by atoms with E-state index in [1.807, 2.05) is 28.9 Å². The van der Waals surface area contributed by atoms with E-state index in [9.17, 15) is 4.79 Å². The molecule has 0 atom stereocenters. The highest BCUT2D eigenvalue weighted by atomic mass is 35.5. The smallest absolute Gasteiger partial charge is 0.271 e. The third-order valence-corrected chi connectivity index (χ3v) is 2.96. The Bertz CT molecular complexity index is 515. The number of nitrogens with zero attached hydrogens (tertiary/aromatic N) is 1. The van der Waals surface area contributed by atoms with Gasteiger partial charge in [0.2, 0.25) is 0 Å². The Labute approximate surface area is 99.0 Å². The summed E-state index contributed by atoms with van der Waals surface area (Å²) in [5.74, 6) is 0.711. The number of rotatable bonds is 5. The second-order valence-electron chi connectivity index (χ2n) is 3.86. The lowest BCUT2D eigenvalue weighted by molar-refractivity contribution is 0.565. The van der Waals surface area contributed by atoms with Crippen molar-refractivity contribution >= 4 is 22.5 Å². The summed E-state index contributed by atoms with van der Waals surface area (Å²) in [5.41, 5.74) is 0.978. The van der Waals surface area contributed by atoms with Crippen LogP contribution in [0.2, 0.25) is 0 Å². The second-order valence-corrected chi connectivity index (χ2v) is 4.24. The van der Waals surface area contributed by atoms with Crippen molar-refractivity contribution in [3.63, 3.8) is 0 Å². The predicted octanol–water partition coefficient (Wildman–Crippen LogP) is 2.74. The Morgan fingerprint density at radius 2 is 2.00 bits per heavy atom. The molecule has 0 radical (unpaired) electrons. The Balaban J connectivity index is 2.15. The summed E-state index contributed by atoms with van der Waals surface area (Å²) in [6, 6.07) is 7.65. The van der Waals surface area contributed by atoms with Crippen molar-refractivity contribution in [1.82, 2.24) is 9.78 Å². The molecule has 16 heavy (non-hydrogen) atoms. The van der Waals surface area contributed by atoms with Gasteiger partial charge in [0.25, 0.3) is 5.56 Å². The van der Waals surface area contributed by atoms with Gasteiger partial charge in [-0.05, 0) is 25.0 Å². The van der Waals surface area contributed by atoms with Crippen LogP contribution >= 0.6 is 11.6 Å². The van der Waals surface area contributed by atoms with Crippen LogP contribution in [0, 0.1) is 0 Å². The molecule has 86 valence electrons. The Morgan fingerprint density at radius 3 is 2.81 bits per heavy atom. The molecule has 1 heterocycles. The lowest BCUT2D eigenvalue weighted by Gasteiger charge is -2.03. The van der Waals surface area contributed by atoms with Crippen molar-refractivity contribution in [2.45, 2.75) is 25.8 Å². The van der Waals surface area contributed by atoms with Crippen LogP contribution in [0.1, 0.15) is 19.3 Å². The van der Waals surface area contributed by atoms with Crippen molar-refractivity contribution in [2.24, 2.45) is 0 Å². The van der Waals surface area contributed by atoms with Gasteiger partial charge in [0.15, 0.2) is 0 Å². The molecule has 1 N–H and O–H groups in total. The van der Waals surface area contributed by atoms with Crippen LogP contribution < -0.4 is 5.56 Å². The highest BCUT2D eigenvalue weighted by molar-refractivity contribution is 6.17. The molecule has 0 unspecified atom stereocenters. The Hall–Kier alpha value is -1.22. The van der Waals surface area contributed by atoms with E-state index < -0.39 is 0 Å². The number of benzene rings is 1. The lowest BCUT2D eigenvalue weighted by atomic mass is 10.2. The molecular weight excluding hydrogens is 224 g/mol. The molecule has 2 rings (SSSR count). The maximum Gasteiger partial charge on any atom is 0.271 e. The first kappa shape index (κ1) is 11.3. The van der Waals surface area contributed by atoms with Gasteiger partial charge in [0.1, 0.15) is 0 Å². The number of unbranched alkanes of at least 4 members (excludes halogenated alkanes) is 2. The van der Waals surface area contributed by atoms with Crippen LogP contribution in [0.4, 0.5) is 0 Å². The molecule has 0 saturated carbocycles. The minimum absolute atomic E-state index is 0.00653. The number of nitrogens with one attached hydrogen (secondary N) is 1. The summed E-state index contributed by atoms with van der Waals surface area (Å²) in [6.45, 7) is 0.847. The molecule has 4 heteroatoms. The number of H-pyrrole nitrogens is 1. The highest BCUT2D eigenvalue weighted by Crippen LogP contribution is 2.10. The number of alkyl halides is 1. The van der Waals surface area contributed by atoms with E-state index in [-0.39, 0.29) is 5.56 Å². The third kappa shape index (κ3) is 2.30. The molecule has 0 aliphatic carbocycles. The average molecular weight is 239 g/mol. The Morgan fingerprint density at radius 1 is 1.19 bits per heavy atom. The van der Waals surface area contributed by atoms with Gasteiger partial charge in [-0.3, -0.25) is 14.6 Å². The molecule has 0 saturated heterocycles. The fourth-order valence-electron chi connectivity index (χ4n) is 1.86. The predicted molar refractivity (Wildman–Crippen MR) is 67.1 cm³/mol. The first-order valence-electron chi connectivity index (χ1n) is 5.56. The van der Waals surface area contributed by atoms with Gasteiger partial charge in [-0.2, -0.15) is 0 Å². The summed E-state index contributed by atoms with van der Waals surface area (Å²) >= 11 is 5.62. The molecule has 0 fully saturated rings. The minimum atomic E-state index is -0.00653. The van der Waals surface area contributed by atoms with Crippen molar-refractivity contribution < 1.29 is 0 Å². The van der Waals surface area contributed by atoms with E-state index in [2.05, 4.69) is 5.10 Å². The second kappa shape index (κ2) is 5.21. The standard InChI is InChI=1S/C12H15ClN2O/c13-8-4-1-5-9-15-11-7-3-2-6-10(11)12(16)14-15/h2-3,6-7H,1,4-5,8-9H2,(H,14,16). The van der Waals surface area contributed by atoms with E-state index in [4.69, 9.17) is 11.6 Å². The van der Waals surface area contributed by atoms with Gasteiger partial charge < -0.3 is 0 Å². The fraction of sp³-hybridized carbons (Fsp3) is 0.417. The van der Waals surface area contributed by atoms with E-state index in [1.165, 1.54) is 0 Å². The summed E-state index contributed by atoms with van der Waals surface area (Å²) < 4.78 is 1.92. The molecule has 1 aromatic heterocycles. The topological polar surface area (TPSA) is 37.8 Å². The molecule has 1 aromatic carbocycles. The summed E-state index contributed by atoms with van der Waals surface area (Å²) in [4.78, 5) is 11.6. The quantitative estimate of drug-likeness (QED) is 0.631. The first-order chi connectivity index (χ1) is 7.83. The molecule has 0 spiro atoms. The van der Waals surface area contributed by atoms with Crippen molar-refractivity contribution in [2.75, 3.05) is 5.88 Å². The largest absolute Gasteiger partial charge is 0.284 e. The molecule has 0 aliphatic heterocycles. The highest BCUT2D eigenvalue weighted by Gasteiger charge is 2.04. The van der Waals surface area contributed by atoms with Gasteiger partial charge >= 0.3 is 0 Å². The number of para-hydroxylation sites is 1. The summed E-state index contributed by atoms with van der Waals surface area (Å²) in [6.07, 6.45) is 3.17. The molecule has 2 aromatic rings. The molecule has 0 aliphatic rings. The van der Waals surface area contributed by atoms with Crippen LogP contribution in [-0.2, 0) is 6.54 Å². The van der Waals surface area contributed by atoms with Crippen molar-refractivity contribution in [3.8, 4) is 0 Å². The van der Waals surface area contributed by atoms with Gasteiger partial charge in [-0.1, -0.05) is 18.6 Å². The minimum Gasteiger partial charge on any atom is -0.284 e. The molecular formula is C12H15ClN2O. The number of hydrogen-bond donors (Lipinski definition) is 1. The molecule has 0 amide bonds. The normalized spacial score (nSPS) is 11.1. The average Bonchev–Trinajstić information content (AvgIpc) is 2.63. The summed E-state index contributed by atoms with van der Waals surface area (Å²) in [7, 11) is 0. The van der Waals surface area contributed by atoms with Crippen LogP contribution in [-0.4, -0.2) is 15.7 Å². The third-order valence-electron chi connectivity index (χ3n) is 2.69. The zero-order valence-electron chi connectivity index (χ0n) is 9.08. The summed E-state index contributed by atoms with van der Waals surface area (Å²) in [5, 5.41) is 3.62. The van der Waals surface area contributed by atoms with Crippen LogP contribution in [0.25, 0.3) is 10.9 Å². The number of aryl methyl sites for hydroxylation is 1.